The molecule has 0 saturated carbocycles. The van der Waals surface area contributed by atoms with Crippen molar-refractivity contribution in [2.45, 2.75) is 64.8 Å². The normalized spacial score (nSPS) is 13.8. The summed E-state index contributed by atoms with van der Waals surface area (Å²) < 4.78 is 26.4. The van der Waals surface area contributed by atoms with Gasteiger partial charge in [0.2, 0.25) is 5.91 Å². The maximum absolute atomic E-state index is 15.6. The number of hydrogen-bond acceptors (Lipinski definition) is 5. The monoisotopic (exact) mass is 687 g/mol. The number of halogens is 2. The quantitative estimate of drug-likeness (QED) is 0.327. The Morgan fingerprint density at radius 3 is 2.45 bits per heavy atom. The summed E-state index contributed by atoms with van der Waals surface area (Å²) in [6.07, 6.45) is 4.33. The van der Waals surface area contributed by atoms with E-state index in [4.69, 9.17) is 9.47 Å². The Labute approximate surface area is 256 Å². The number of benzene rings is 2. The van der Waals surface area contributed by atoms with Gasteiger partial charge in [-0.2, -0.15) is 0 Å². The molecule has 1 heterocycles. The number of rotatable bonds is 8. The van der Waals surface area contributed by atoms with Crippen LogP contribution in [0.25, 0.3) is 0 Å². The van der Waals surface area contributed by atoms with E-state index in [1.165, 1.54) is 6.07 Å². The number of alkyl carbamates (subject to hydrolysis) is 1. The van der Waals surface area contributed by atoms with E-state index in [2.05, 4.69) is 23.1 Å². The van der Waals surface area contributed by atoms with Crippen molar-refractivity contribution < 1.29 is 52.2 Å². The first-order chi connectivity index (χ1) is 18.4. The van der Waals surface area contributed by atoms with Crippen LogP contribution in [-0.4, -0.2) is 59.4 Å². The molecule has 0 aromatic heterocycles. The second-order valence-electron chi connectivity index (χ2n) is 10.8. The highest BCUT2D eigenvalue weighted by Gasteiger charge is 2.28. The zero-order valence-electron chi connectivity index (χ0n) is 23.7. The SMILES string of the molecule is C[S+](C)CC[C@H](NC(=O)OCc1ccccc1)C(=O)Nc1ccc2c(c1F)CCCN(C(=O)OC(C)(C)C)C2.[I-]. The zero-order chi connectivity index (χ0) is 28.6. The van der Waals surface area contributed by atoms with E-state index in [0.29, 0.717) is 42.7 Å². The van der Waals surface area contributed by atoms with Crippen molar-refractivity contribution in [2.24, 2.45) is 0 Å². The summed E-state index contributed by atoms with van der Waals surface area (Å²) in [5.41, 5.74) is 1.39. The van der Waals surface area contributed by atoms with E-state index >= 15 is 4.39 Å². The van der Waals surface area contributed by atoms with Crippen LogP contribution in [0.2, 0.25) is 0 Å². The minimum atomic E-state index is -0.885. The molecule has 3 rings (SSSR count). The molecule has 40 heavy (non-hydrogen) atoms. The van der Waals surface area contributed by atoms with E-state index in [9.17, 15) is 14.4 Å². The lowest BCUT2D eigenvalue weighted by molar-refractivity contribution is -0.118. The van der Waals surface area contributed by atoms with Crippen LogP contribution in [-0.2, 0) is 44.7 Å². The maximum Gasteiger partial charge on any atom is 0.410 e. The Bertz CT molecular complexity index is 1160. The molecule has 11 heteroatoms. The van der Waals surface area contributed by atoms with Gasteiger partial charge in [-0.05, 0) is 67.3 Å². The van der Waals surface area contributed by atoms with Gasteiger partial charge in [0, 0.05) is 19.5 Å². The smallest absolute Gasteiger partial charge is 0.410 e. The fourth-order valence-corrected chi connectivity index (χ4v) is 4.85. The minimum Gasteiger partial charge on any atom is -1.00 e. The second kappa shape index (κ2) is 15.5. The van der Waals surface area contributed by atoms with E-state index in [1.807, 2.05) is 30.3 Å². The Kier molecular flexibility index (Phi) is 13.0. The first kappa shape index (κ1) is 33.7. The highest BCUT2D eigenvalue weighted by Crippen LogP contribution is 2.28. The largest absolute Gasteiger partial charge is 1.00 e. The topological polar surface area (TPSA) is 97.0 Å². The van der Waals surface area contributed by atoms with Gasteiger partial charge >= 0.3 is 12.2 Å². The Morgan fingerprint density at radius 1 is 1.10 bits per heavy atom. The summed E-state index contributed by atoms with van der Waals surface area (Å²) in [7, 11) is 0.0418. The van der Waals surface area contributed by atoms with Crippen LogP contribution in [0.5, 0.6) is 0 Å². The first-order valence-electron chi connectivity index (χ1n) is 13.0. The molecular weight excluding hydrogens is 648 g/mol. The van der Waals surface area contributed by atoms with Crippen LogP contribution in [0.1, 0.15) is 50.3 Å². The number of amides is 3. The lowest BCUT2D eigenvalue weighted by Crippen LogP contribution is -3.00. The molecule has 3 amide bonds. The number of carbonyl (C=O) groups is 3. The van der Waals surface area contributed by atoms with Crippen molar-refractivity contribution in [3.05, 3.63) is 65.0 Å². The molecule has 1 aliphatic rings. The number of anilines is 1. The molecule has 0 fully saturated rings. The molecular formula is C29H39FIN3O5S. The summed E-state index contributed by atoms with van der Waals surface area (Å²) in [5, 5.41) is 5.30. The van der Waals surface area contributed by atoms with Gasteiger partial charge in [0.25, 0.3) is 0 Å². The van der Waals surface area contributed by atoms with Crippen molar-refractivity contribution in [1.82, 2.24) is 10.2 Å². The molecule has 0 spiro atoms. The molecule has 2 aromatic rings. The van der Waals surface area contributed by atoms with E-state index in [-0.39, 0.29) is 53.7 Å². The third-order valence-corrected chi connectivity index (χ3v) is 7.15. The summed E-state index contributed by atoms with van der Waals surface area (Å²) in [4.78, 5) is 39.8. The van der Waals surface area contributed by atoms with Gasteiger partial charge in [-0.15, -0.1) is 0 Å². The maximum atomic E-state index is 15.6. The highest BCUT2D eigenvalue weighted by molar-refractivity contribution is 7.95. The zero-order valence-corrected chi connectivity index (χ0v) is 26.7. The van der Waals surface area contributed by atoms with Gasteiger partial charge in [0.1, 0.15) is 29.8 Å². The fraction of sp³-hybridized carbons (Fsp3) is 0.483. The van der Waals surface area contributed by atoms with Gasteiger partial charge in [-0.1, -0.05) is 36.4 Å². The molecule has 1 atom stereocenters. The van der Waals surface area contributed by atoms with Crippen molar-refractivity contribution >= 4 is 34.7 Å². The number of nitrogens with zero attached hydrogens (tertiary/aromatic N) is 1. The molecule has 0 aliphatic carbocycles. The predicted octanol–water partition coefficient (Wildman–Crippen LogP) is 2.01. The van der Waals surface area contributed by atoms with Crippen molar-refractivity contribution in [3.8, 4) is 0 Å². The number of carbonyl (C=O) groups excluding carboxylic acids is 3. The summed E-state index contributed by atoms with van der Waals surface area (Å²) in [5.74, 6) is -0.326. The molecule has 0 bridgehead atoms. The molecule has 0 saturated heterocycles. The van der Waals surface area contributed by atoms with Crippen LogP contribution < -0.4 is 34.6 Å². The van der Waals surface area contributed by atoms with Gasteiger partial charge in [0.05, 0.1) is 18.2 Å². The van der Waals surface area contributed by atoms with Gasteiger partial charge in [0.15, 0.2) is 0 Å². The van der Waals surface area contributed by atoms with Crippen LogP contribution in [0.3, 0.4) is 0 Å². The molecule has 2 N–H and O–H groups in total. The van der Waals surface area contributed by atoms with Crippen molar-refractivity contribution in [1.29, 1.82) is 0 Å². The van der Waals surface area contributed by atoms with Crippen LogP contribution >= 0.6 is 0 Å². The fourth-order valence-electron chi connectivity index (χ4n) is 4.14. The van der Waals surface area contributed by atoms with Crippen molar-refractivity contribution in [3.63, 3.8) is 0 Å². The first-order valence-corrected chi connectivity index (χ1v) is 15.2. The minimum absolute atomic E-state index is 0. The predicted molar refractivity (Wildman–Crippen MR) is 152 cm³/mol. The van der Waals surface area contributed by atoms with E-state index in [1.54, 1.807) is 31.7 Å². The number of ether oxygens (including phenoxy) is 2. The molecule has 8 nitrogen and oxygen atoms in total. The van der Waals surface area contributed by atoms with Crippen LogP contribution in [0.15, 0.2) is 42.5 Å². The molecule has 220 valence electrons. The van der Waals surface area contributed by atoms with Gasteiger partial charge in [-0.3, -0.25) is 4.79 Å². The Morgan fingerprint density at radius 2 is 1.80 bits per heavy atom. The third kappa shape index (κ3) is 10.5. The highest BCUT2D eigenvalue weighted by atomic mass is 127. The third-order valence-electron chi connectivity index (χ3n) is 6.10. The van der Waals surface area contributed by atoms with E-state index < -0.39 is 35.6 Å². The summed E-state index contributed by atoms with van der Waals surface area (Å²) in [6.45, 7) is 6.15. The lowest BCUT2D eigenvalue weighted by atomic mass is 10.0. The van der Waals surface area contributed by atoms with Gasteiger partial charge in [-0.25, -0.2) is 14.0 Å². The standard InChI is InChI=1S/C29H38FN3O5S.HI/c1-29(2,3)38-28(36)33-16-9-12-22-21(18-33)13-14-23(25(22)30)31-26(34)24(15-17-39(4)5)32-27(35)37-19-20-10-7-6-8-11-20;/h6-8,10-11,13-14,24H,9,12,15-19H2,1-5H3,(H-,31,32,34,35);1H/t24-;/m0./s1. The number of fused-ring (bicyclic) bond motifs is 1. The summed E-state index contributed by atoms with van der Waals surface area (Å²) in [6, 6.07) is 11.6. The summed E-state index contributed by atoms with van der Waals surface area (Å²) >= 11 is 0. The number of hydrogen-bond donors (Lipinski definition) is 2. The van der Waals surface area contributed by atoms with Gasteiger partial charge < -0.3 is 49.0 Å². The molecule has 2 aromatic carbocycles. The van der Waals surface area contributed by atoms with Crippen LogP contribution in [0, 0.1) is 5.82 Å². The lowest BCUT2D eigenvalue weighted by Gasteiger charge is -2.26. The number of nitrogens with one attached hydrogen (secondary N) is 2. The average molecular weight is 688 g/mol. The van der Waals surface area contributed by atoms with Crippen molar-refractivity contribution in [2.75, 3.05) is 30.1 Å². The second-order valence-corrected chi connectivity index (χ2v) is 13.2. The Balaban J connectivity index is 0.00000560. The van der Waals surface area contributed by atoms with Crippen LogP contribution in [0.4, 0.5) is 19.7 Å². The molecule has 0 radical (unpaired) electrons. The molecule has 1 aliphatic heterocycles. The average Bonchev–Trinajstić information content (AvgIpc) is 3.10. The molecule has 0 unspecified atom stereocenters. The Hall–Kier alpha value is -2.54. The van der Waals surface area contributed by atoms with E-state index in [0.717, 1.165) is 5.56 Å².